The van der Waals surface area contributed by atoms with Crippen LogP contribution in [-0.4, -0.2) is 11.9 Å². The summed E-state index contributed by atoms with van der Waals surface area (Å²) in [6, 6.07) is 3.78. The SMILES string of the molecule is CC(C)C(=O)Oc1c2cc(Br)sc2c(OC(=O)C(C)C)c2cc(Br)sc12. The van der Waals surface area contributed by atoms with Crippen molar-refractivity contribution in [1.82, 2.24) is 0 Å². The highest BCUT2D eigenvalue weighted by atomic mass is 79.9. The summed E-state index contributed by atoms with van der Waals surface area (Å²) in [7, 11) is 0. The summed E-state index contributed by atoms with van der Waals surface area (Å²) in [5.74, 6) is -0.0721. The van der Waals surface area contributed by atoms with Gasteiger partial charge in [0.2, 0.25) is 0 Å². The van der Waals surface area contributed by atoms with Crippen molar-refractivity contribution >= 4 is 86.6 Å². The summed E-state index contributed by atoms with van der Waals surface area (Å²) in [4.78, 5) is 24.5. The van der Waals surface area contributed by atoms with Gasteiger partial charge in [0.1, 0.15) is 0 Å². The Morgan fingerprint density at radius 1 is 0.808 bits per heavy atom. The summed E-state index contributed by atoms with van der Waals surface area (Å²) < 4.78 is 14.7. The van der Waals surface area contributed by atoms with Gasteiger partial charge in [-0.25, -0.2) is 0 Å². The molecule has 0 aliphatic rings. The van der Waals surface area contributed by atoms with Crippen molar-refractivity contribution in [3.05, 3.63) is 19.7 Å². The predicted octanol–water partition coefficient (Wildman–Crippen LogP) is 6.76. The molecule has 2 heterocycles. The van der Waals surface area contributed by atoms with Gasteiger partial charge < -0.3 is 9.47 Å². The molecule has 0 aliphatic heterocycles. The second-order valence-electron chi connectivity index (χ2n) is 6.40. The fourth-order valence-electron chi connectivity index (χ4n) is 2.28. The largest absolute Gasteiger partial charge is 0.424 e. The number of fused-ring (bicyclic) bond motifs is 2. The summed E-state index contributed by atoms with van der Waals surface area (Å²) in [6.45, 7) is 7.18. The van der Waals surface area contributed by atoms with Gasteiger partial charge in [-0.05, 0) is 44.0 Å². The van der Waals surface area contributed by atoms with Gasteiger partial charge in [0.15, 0.2) is 11.5 Å². The van der Waals surface area contributed by atoms with E-state index in [2.05, 4.69) is 31.9 Å². The molecule has 0 amide bonds. The second-order valence-corrected chi connectivity index (χ2v) is 11.3. The van der Waals surface area contributed by atoms with E-state index < -0.39 is 0 Å². The lowest BCUT2D eigenvalue weighted by Crippen LogP contribution is -2.16. The second kappa shape index (κ2) is 7.58. The molecule has 138 valence electrons. The summed E-state index contributed by atoms with van der Waals surface area (Å²) in [5.41, 5.74) is 0. The molecular formula is C18H16Br2O4S2. The number of carbonyl (C=O) groups is 2. The Morgan fingerprint density at radius 3 is 1.46 bits per heavy atom. The van der Waals surface area contributed by atoms with Gasteiger partial charge in [0, 0.05) is 10.8 Å². The predicted molar refractivity (Wildman–Crippen MR) is 114 cm³/mol. The maximum atomic E-state index is 12.2. The zero-order valence-corrected chi connectivity index (χ0v) is 19.3. The van der Waals surface area contributed by atoms with E-state index in [1.165, 1.54) is 22.7 Å². The number of hydrogen-bond donors (Lipinski definition) is 0. The Morgan fingerprint density at radius 2 is 1.15 bits per heavy atom. The van der Waals surface area contributed by atoms with Crippen molar-refractivity contribution in [3.8, 4) is 11.5 Å². The van der Waals surface area contributed by atoms with Crippen LogP contribution in [0.15, 0.2) is 19.7 Å². The van der Waals surface area contributed by atoms with Crippen LogP contribution >= 0.6 is 54.5 Å². The van der Waals surface area contributed by atoms with E-state index >= 15 is 0 Å². The third-order valence-corrected chi connectivity index (χ3v) is 6.93. The first-order valence-corrected chi connectivity index (χ1v) is 11.2. The van der Waals surface area contributed by atoms with Gasteiger partial charge in [0.25, 0.3) is 0 Å². The van der Waals surface area contributed by atoms with Gasteiger partial charge in [-0.3, -0.25) is 9.59 Å². The summed E-state index contributed by atoms with van der Waals surface area (Å²) >= 11 is 9.87. The van der Waals surface area contributed by atoms with Crippen LogP contribution in [0.25, 0.3) is 20.2 Å². The van der Waals surface area contributed by atoms with Gasteiger partial charge >= 0.3 is 11.9 Å². The Hall–Kier alpha value is -0.960. The van der Waals surface area contributed by atoms with Crippen LogP contribution in [0.4, 0.5) is 0 Å². The van der Waals surface area contributed by atoms with E-state index in [4.69, 9.17) is 9.47 Å². The maximum Gasteiger partial charge on any atom is 0.313 e. The highest BCUT2D eigenvalue weighted by molar-refractivity contribution is 9.11. The van der Waals surface area contributed by atoms with E-state index in [1.807, 2.05) is 12.1 Å². The molecule has 0 N–H and O–H groups in total. The highest BCUT2D eigenvalue weighted by Gasteiger charge is 2.25. The molecule has 0 spiro atoms. The van der Waals surface area contributed by atoms with E-state index in [0.29, 0.717) is 11.5 Å². The number of ether oxygens (including phenoxy) is 2. The van der Waals surface area contributed by atoms with Gasteiger partial charge in [0.05, 0.1) is 28.8 Å². The fraction of sp³-hybridized carbons (Fsp3) is 0.333. The standard InChI is InChI=1S/C18H16Br2O4S2/c1-7(2)17(21)23-13-9-5-11(19)26-16(9)14(24-18(22)8(3)4)10-6-12(20)25-15(10)13/h5-8H,1-4H3. The van der Waals surface area contributed by atoms with Crippen LogP contribution in [0.5, 0.6) is 11.5 Å². The van der Waals surface area contributed by atoms with Crippen molar-refractivity contribution in [3.63, 3.8) is 0 Å². The molecule has 8 heteroatoms. The number of rotatable bonds is 4. The minimum atomic E-state index is -0.300. The number of halogens is 2. The van der Waals surface area contributed by atoms with E-state index in [9.17, 15) is 9.59 Å². The molecular weight excluding hydrogens is 504 g/mol. The van der Waals surface area contributed by atoms with Crippen molar-refractivity contribution < 1.29 is 19.1 Å². The van der Waals surface area contributed by atoms with E-state index in [0.717, 1.165) is 27.7 Å². The molecule has 0 saturated heterocycles. The fourth-order valence-corrected chi connectivity index (χ4v) is 5.47. The first-order chi connectivity index (χ1) is 12.2. The monoisotopic (exact) mass is 518 g/mol. The molecule has 0 aliphatic carbocycles. The van der Waals surface area contributed by atoms with Gasteiger partial charge in [-0.15, -0.1) is 22.7 Å². The third kappa shape index (κ3) is 3.69. The first-order valence-electron chi connectivity index (χ1n) is 7.96. The molecule has 0 unspecified atom stereocenters. The average molecular weight is 520 g/mol. The van der Waals surface area contributed by atoms with E-state index in [1.54, 1.807) is 27.7 Å². The smallest absolute Gasteiger partial charge is 0.313 e. The molecule has 0 bridgehead atoms. The maximum absolute atomic E-state index is 12.2. The quantitative estimate of drug-likeness (QED) is 0.282. The zero-order valence-electron chi connectivity index (χ0n) is 14.5. The molecule has 4 nitrogen and oxygen atoms in total. The van der Waals surface area contributed by atoms with E-state index in [-0.39, 0.29) is 23.8 Å². The number of hydrogen-bond acceptors (Lipinski definition) is 6. The Kier molecular flexibility index (Phi) is 5.77. The molecule has 0 radical (unpaired) electrons. The normalized spacial score (nSPS) is 11.7. The van der Waals surface area contributed by atoms with Crippen LogP contribution < -0.4 is 9.47 Å². The van der Waals surface area contributed by atoms with Crippen LogP contribution in [0.2, 0.25) is 0 Å². The van der Waals surface area contributed by atoms with Crippen molar-refractivity contribution in [1.29, 1.82) is 0 Å². The van der Waals surface area contributed by atoms with Crippen molar-refractivity contribution in [2.24, 2.45) is 11.8 Å². The lowest BCUT2D eigenvalue weighted by Gasteiger charge is -2.13. The molecule has 3 rings (SSSR count). The third-order valence-electron chi connectivity index (χ3n) is 3.65. The molecule has 1 aromatic carbocycles. The van der Waals surface area contributed by atoms with Crippen molar-refractivity contribution in [2.75, 3.05) is 0 Å². The van der Waals surface area contributed by atoms with Gasteiger partial charge in [-0.1, -0.05) is 27.7 Å². The van der Waals surface area contributed by atoms with Gasteiger partial charge in [-0.2, -0.15) is 0 Å². The number of thiophene rings is 2. The zero-order chi connectivity index (χ0) is 19.2. The Balaban J connectivity index is 2.31. The number of benzene rings is 1. The molecule has 0 saturated carbocycles. The number of esters is 2. The number of carbonyl (C=O) groups excluding carboxylic acids is 2. The van der Waals surface area contributed by atoms with Crippen molar-refractivity contribution in [2.45, 2.75) is 27.7 Å². The van der Waals surface area contributed by atoms with Crippen LogP contribution in [-0.2, 0) is 9.59 Å². The Labute approximate surface area is 175 Å². The lowest BCUT2D eigenvalue weighted by atomic mass is 10.1. The minimum absolute atomic E-state index is 0.246. The minimum Gasteiger partial charge on any atom is -0.424 e. The topological polar surface area (TPSA) is 52.6 Å². The first kappa shape index (κ1) is 19.8. The van der Waals surface area contributed by atoms with Crippen LogP contribution in [0.1, 0.15) is 27.7 Å². The molecule has 0 atom stereocenters. The molecule has 3 aromatic rings. The van der Waals surface area contributed by atoms with Crippen LogP contribution in [0, 0.1) is 11.8 Å². The Bertz CT molecular complexity index is 883. The highest BCUT2D eigenvalue weighted by Crippen LogP contribution is 2.51. The molecule has 2 aromatic heterocycles. The average Bonchev–Trinajstić information content (AvgIpc) is 3.12. The molecule has 0 fully saturated rings. The van der Waals surface area contributed by atoms with Crippen LogP contribution in [0.3, 0.4) is 0 Å². The molecule has 26 heavy (non-hydrogen) atoms. The lowest BCUT2D eigenvalue weighted by molar-refractivity contribution is -0.138. The summed E-state index contributed by atoms with van der Waals surface area (Å²) in [5, 5.41) is 1.51. The summed E-state index contributed by atoms with van der Waals surface area (Å²) in [6.07, 6.45) is 0.